The van der Waals surface area contributed by atoms with Crippen LogP contribution in [0.3, 0.4) is 0 Å². The topological polar surface area (TPSA) is 46.5 Å². The lowest BCUT2D eigenvalue weighted by molar-refractivity contribution is 0.0702. The maximum absolute atomic E-state index is 11.0. The van der Waals surface area contributed by atoms with Gasteiger partial charge >= 0.3 is 5.97 Å². The van der Waals surface area contributed by atoms with Gasteiger partial charge in [-0.25, -0.2) is 4.79 Å². The average Bonchev–Trinajstić information content (AvgIpc) is 3.20. The van der Waals surface area contributed by atoms with E-state index in [2.05, 4.69) is 15.9 Å². The Labute approximate surface area is 185 Å². The molecule has 3 rings (SSSR count). The summed E-state index contributed by atoms with van der Waals surface area (Å²) in [5, 5.41) is 9.74. The minimum Gasteiger partial charge on any atom is -0.477 e. The first-order valence-corrected chi connectivity index (χ1v) is 11.9. The minimum absolute atomic E-state index is 0.308. The number of thioether (sulfide) groups is 1. The van der Waals surface area contributed by atoms with Gasteiger partial charge in [-0.05, 0) is 47.7 Å². The highest BCUT2D eigenvalue weighted by atomic mass is 79.9. The number of thiophene rings is 1. The van der Waals surface area contributed by atoms with E-state index in [1.807, 2.05) is 30.3 Å². The van der Waals surface area contributed by atoms with Crippen molar-refractivity contribution in [2.45, 2.75) is 22.8 Å². The molecule has 1 aromatic heterocycles. The standard InChI is InChI=1S/C19H18BrClO3S3/c20-16-7-17(25)15(10-26-12-3-1-11(21)2-4-12)14(16)9-24-8-13-5-6-18(27-13)19(22)23/h1-6,14-16H,7-10H2,(H,22,23)/t14-,15?,16?/m1/s1. The average molecular weight is 506 g/mol. The Morgan fingerprint density at radius 1 is 1.33 bits per heavy atom. The quantitative estimate of drug-likeness (QED) is 0.264. The number of ether oxygens (including phenoxy) is 1. The van der Waals surface area contributed by atoms with E-state index in [-0.39, 0.29) is 0 Å². The first-order chi connectivity index (χ1) is 12.9. The summed E-state index contributed by atoms with van der Waals surface area (Å²) >= 11 is 18.4. The van der Waals surface area contributed by atoms with Crippen molar-refractivity contribution in [3.05, 3.63) is 51.2 Å². The number of carboxylic acids is 1. The number of thiocarbonyl (C=S) groups is 1. The van der Waals surface area contributed by atoms with Crippen LogP contribution in [0.4, 0.5) is 0 Å². The molecule has 1 saturated carbocycles. The van der Waals surface area contributed by atoms with Gasteiger partial charge in [0.05, 0.1) is 13.2 Å². The SMILES string of the molecule is O=C(O)c1ccc(COC[C@H]2C(Br)CC(=S)C2CSc2ccc(Cl)cc2)s1. The van der Waals surface area contributed by atoms with Gasteiger partial charge < -0.3 is 9.84 Å². The maximum Gasteiger partial charge on any atom is 0.345 e. The zero-order chi connectivity index (χ0) is 19.4. The number of rotatable bonds is 8. The summed E-state index contributed by atoms with van der Waals surface area (Å²) in [6, 6.07) is 11.3. The predicted octanol–water partition coefficient (Wildman–Crippen LogP) is 6.18. The lowest BCUT2D eigenvalue weighted by Crippen LogP contribution is -2.24. The van der Waals surface area contributed by atoms with E-state index in [0.717, 1.165) is 26.9 Å². The van der Waals surface area contributed by atoms with E-state index in [0.29, 0.717) is 34.8 Å². The van der Waals surface area contributed by atoms with Crippen LogP contribution in [-0.4, -0.2) is 33.1 Å². The summed E-state index contributed by atoms with van der Waals surface area (Å²) in [5.41, 5.74) is 0. The summed E-state index contributed by atoms with van der Waals surface area (Å²) in [4.78, 5) is 14.8. The Kier molecular flexibility index (Phi) is 7.76. The predicted molar refractivity (Wildman–Crippen MR) is 120 cm³/mol. The molecule has 27 heavy (non-hydrogen) atoms. The largest absolute Gasteiger partial charge is 0.477 e. The van der Waals surface area contributed by atoms with Crippen molar-refractivity contribution < 1.29 is 14.6 Å². The summed E-state index contributed by atoms with van der Waals surface area (Å²) in [6.45, 7) is 1.03. The molecule has 0 saturated heterocycles. The molecule has 0 aliphatic heterocycles. The molecule has 1 fully saturated rings. The number of halogens is 2. The molecule has 1 heterocycles. The van der Waals surface area contributed by atoms with Gasteiger partial charge in [-0.2, -0.15) is 0 Å². The van der Waals surface area contributed by atoms with Crippen LogP contribution in [0.2, 0.25) is 5.02 Å². The Morgan fingerprint density at radius 2 is 2.07 bits per heavy atom. The Balaban J connectivity index is 1.54. The minimum atomic E-state index is -0.896. The van der Waals surface area contributed by atoms with Gasteiger partial charge in [-0.15, -0.1) is 23.1 Å². The number of hydrogen-bond acceptors (Lipinski definition) is 5. The molecule has 3 atom stereocenters. The molecule has 0 amide bonds. The van der Waals surface area contributed by atoms with Crippen LogP contribution < -0.4 is 0 Å². The summed E-state index contributed by atoms with van der Waals surface area (Å²) in [5.74, 6) is 0.644. The van der Waals surface area contributed by atoms with Gasteiger partial charge in [0, 0.05) is 37.2 Å². The number of alkyl halides is 1. The van der Waals surface area contributed by atoms with Crippen LogP contribution in [0.25, 0.3) is 0 Å². The van der Waals surface area contributed by atoms with Gasteiger partial charge in [-0.1, -0.05) is 39.7 Å². The van der Waals surface area contributed by atoms with Crippen LogP contribution in [-0.2, 0) is 11.3 Å². The van der Waals surface area contributed by atoms with Crippen LogP contribution in [0.1, 0.15) is 21.0 Å². The molecule has 0 spiro atoms. The van der Waals surface area contributed by atoms with Crippen molar-refractivity contribution in [2.75, 3.05) is 12.4 Å². The third-order valence-electron chi connectivity index (χ3n) is 4.46. The van der Waals surface area contributed by atoms with E-state index >= 15 is 0 Å². The molecule has 0 radical (unpaired) electrons. The maximum atomic E-state index is 11.0. The second-order valence-corrected chi connectivity index (χ2v) is 10.7. The van der Waals surface area contributed by atoms with E-state index in [1.54, 1.807) is 17.8 Å². The van der Waals surface area contributed by atoms with E-state index < -0.39 is 5.97 Å². The number of benzene rings is 1. The molecule has 0 bridgehead atoms. The van der Waals surface area contributed by atoms with Gasteiger partial charge in [0.2, 0.25) is 0 Å². The zero-order valence-electron chi connectivity index (χ0n) is 14.3. The molecule has 2 unspecified atom stereocenters. The van der Waals surface area contributed by atoms with Crippen molar-refractivity contribution in [3.63, 3.8) is 0 Å². The lowest BCUT2D eigenvalue weighted by Gasteiger charge is -2.21. The number of carbonyl (C=O) groups is 1. The molecule has 3 nitrogen and oxygen atoms in total. The number of carboxylic acid groups (broad SMARTS) is 1. The Hall–Kier alpha value is -0.440. The first-order valence-electron chi connectivity index (χ1n) is 8.39. The fourth-order valence-corrected chi connectivity index (χ4v) is 6.69. The highest BCUT2D eigenvalue weighted by Crippen LogP contribution is 2.39. The highest BCUT2D eigenvalue weighted by Gasteiger charge is 2.38. The number of aromatic carboxylic acids is 1. The molecule has 1 aliphatic carbocycles. The monoisotopic (exact) mass is 504 g/mol. The third-order valence-corrected chi connectivity index (χ3v) is 8.36. The van der Waals surface area contributed by atoms with Crippen LogP contribution in [0.15, 0.2) is 41.3 Å². The van der Waals surface area contributed by atoms with Gasteiger partial charge in [0.25, 0.3) is 0 Å². The van der Waals surface area contributed by atoms with Crippen LogP contribution in [0.5, 0.6) is 0 Å². The Morgan fingerprint density at radius 3 is 2.74 bits per heavy atom. The molecular formula is C19H18BrClO3S3. The van der Waals surface area contributed by atoms with Gasteiger partial charge in [-0.3, -0.25) is 0 Å². The molecule has 2 aromatic rings. The van der Waals surface area contributed by atoms with Crippen molar-refractivity contribution in [1.29, 1.82) is 0 Å². The first kappa shape index (κ1) is 21.3. The zero-order valence-corrected chi connectivity index (χ0v) is 19.1. The van der Waals surface area contributed by atoms with E-state index in [9.17, 15) is 4.79 Å². The van der Waals surface area contributed by atoms with E-state index in [1.165, 1.54) is 16.2 Å². The van der Waals surface area contributed by atoms with Crippen LogP contribution in [0, 0.1) is 11.8 Å². The van der Waals surface area contributed by atoms with Crippen molar-refractivity contribution in [1.82, 2.24) is 0 Å². The molecule has 1 aliphatic rings. The molecule has 1 aromatic carbocycles. The fourth-order valence-electron chi connectivity index (χ4n) is 3.01. The van der Waals surface area contributed by atoms with E-state index in [4.69, 9.17) is 33.7 Å². The molecule has 144 valence electrons. The second-order valence-electron chi connectivity index (χ2n) is 6.31. The molecule has 8 heteroatoms. The smallest absolute Gasteiger partial charge is 0.345 e. The van der Waals surface area contributed by atoms with Crippen molar-refractivity contribution in [2.24, 2.45) is 11.8 Å². The third kappa shape index (κ3) is 5.78. The van der Waals surface area contributed by atoms with Crippen molar-refractivity contribution >= 4 is 73.7 Å². The van der Waals surface area contributed by atoms with Gasteiger partial charge in [0.15, 0.2) is 0 Å². The molecular weight excluding hydrogens is 488 g/mol. The summed E-state index contributed by atoms with van der Waals surface area (Å²) in [6.07, 6.45) is 0.886. The second kappa shape index (κ2) is 9.85. The Bertz CT molecular complexity index is 809. The summed E-state index contributed by atoms with van der Waals surface area (Å²) in [7, 11) is 0. The summed E-state index contributed by atoms with van der Waals surface area (Å²) < 4.78 is 5.91. The van der Waals surface area contributed by atoms with Crippen molar-refractivity contribution in [3.8, 4) is 0 Å². The normalized spacial score (nSPS) is 22.3. The van der Waals surface area contributed by atoms with Crippen LogP contribution >= 0.6 is 62.8 Å². The lowest BCUT2D eigenvalue weighted by atomic mass is 9.99. The number of hydrogen-bond donors (Lipinski definition) is 1. The fraction of sp³-hybridized carbons (Fsp3) is 0.368. The molecule has 1 N–H and O–H groups in total. The van der Waals surface area contributed by atoms with Gasteiger partial charge in [0.1, 0.15) is 4.88 Å². The highest BCUT2D eigenvalue weighted by molar-refractivity contribution is 9.09.